The molecule has 2 saturated heterocycles. The second-order valence-electron chi connectivity index (χ2n) is 7.26. The van der Waals surface area contributed by atoms with Gasteiger partial charge in [0.25, 0.3) is 11.5 Å². The third-order valence-corrected chi connectivity index (χ3v) is 4.68. The van der Waals surface area contributed by atoms with Gasteiger partial charge in [-0.05, 0) is 18.1 Å². The Morgan fingerprint density at radius 1 is 1.29 bits per heavy atom. The number of pyridine rings is 1. The van der Waals surface area contributed by atoms with E-state index in [0.29, 0.717) is 23.9 Å². The zero-order valence-corrected chi connectivity index (χ0v) is 14.6. The molecule has 0 radical (unpaired) electrons. The first-order valence-corrected chi connectivity index (χ1v) is 8.83. The molecule has 24 heavy (non-hydrogen) atoms. The van der Waals surface area contributed by atoms with Crippen LogP contribution in [0.15, 0.2) is 23.1 Å². The maximum absolute atomic E-state index is 12.6. The molecule has 6 nitrogen and oxygen atoms in total. The van der Waals surface area contributed by atoms with Gasteiger partial charge in [-0.15, -0.1) is 0 Å². The molecule has 2 aliphatic rings. The van der Waals surface area contributed by atoms with Gasteiger partial charge in [-0.1, -0.05) is 13.8 Å². The molecule has 0 atom stereocenters. The van der Waals surface area contributed by atoms with Gasteiger partial charge in [-0.3, -0.25) is 14.5 Å². The molecule has 0 aliphatic carbocycles. The maximum Gasteiger partial charge on any atom is 0.263 e. The molecule has 1 amide bonds. The Hall–Kier alpha value is -1.66. The summed E-state index contributed by atoms with van der Waals surface area (Å²) in [7, 11) is 0. The molecule has 0 unspecified atom stereocenters. The van der Waals surface area contributed by atoms with E-state index in [1.807, 2.05) is 0 Å². The zero-order chi connectivity index (χ0) is 17.1. The molecule has 3 rings (SSSR count). The number of aromatic nitrogens is 1. The van der Waals surface area contributed by atoms with Crippen LogP contribution in [0.1, 0.15) is 24.2 Å². The van der Waals surface area contributed by atoms with Crippen LogP contribution in [0.3, 0.4) is 0 Å². The highest BCUT2D eigenvalue weighted by molar-refractivity contribution is 5.94. The van der Waals surface area contributed by atoms with Gasteiger partial charge in [-0.2, -0.15) is 0 Å². The van der Waals surface area contributed by atoms with Crippen molar-refractivity contribution < 1.29 is 9.53 Å². The lowest BCUT2D eigenvalue weighted by atomic mass is 9.98. The molecular weight excluding hydrogens is 306 g/mol. The molecule has 1 aromatic heterocycles. The Bertz CT molecular complexity index is 629. The zero-order valence-electron chi connectivity index (χ0n) is 14.6. The van der Waals surface area contributed by atoms with Crippen LogP contribution in [0.4, 0.5) is 0 Å². The number of hydrogen-bond acceptors (Lipinski definition) is 4. The first-order chi connectivity index (χ1) is 11.5. The third kappa shape index (κ3) is 3.87. The molecular formula is C18H27N3O3. The standard InChI is InChI=1S/C18H27N3O3/c1-14(2)10-20-5-3-4-16(17(20)22)18(23)21-12-15(13-21)11-19-6-8-24-9-7-19/h3-5,14-15H,6-13H2,1-2H3. The van der Waals surface area contributed by atoms with Crippen LogP contribution in [-0.2, 0) is 11.3 Å². The van der Waals surface area contributed by atoms with Crippen LogP contribution in [0, 0.1) is 11.8 Å². The van der Waals surface area contributed by atoms with E-state index in [-0.39, 0.29) is 11.5 Å². The second kappa shape index (κ2) is 7.49. The third-order valence-electron chi connectivity index (χ3n) is 4.68. The van der Waals surface area contributed by atoms with Gasteiger partial charge >= 0.3 is 0 Å². The van der Waals surface area contributed by atoms with Crippen molar-refractivity contribution in [3.05, 3.63) is 34.2 Å². The van der Waals surface area contributed by atoms with Crippen LogP contribution in [0.2, 0.25) is 0 Å². The quantitative estimate of drug-likeness (QED) is 0.804. The minimum Gasteiger partial charge on any atom is -0.379 e. The van der Waals surface area contributed by atoms with Crippen LogP contribution in [-0.4, -0.2) is 66.2 Å². The number of rotatable bonds is 5. The Kier molecular flexibility index (Phi) is 5.36. The van der Waals surface area contributed by atoms with Crippen molar-refractivity contribution in [3.63, 3.8) is 0 Å². The molecule has 0 bridgehead atoms. The fraction of sp³-hybridized carbons (Fsp3) is 0.667. The number of carbonyl (C=O) groups is 1. The van der Waals surface area contributed by atoms with Gasteiger partial charge < -0.3 is 14.2 Å². The average Bonchev–Trinajstić information content (AvgIpc) is 2.52. The maximum atomic E-state index is 12.6. The topological polar surface area (TPSA) is 54.8 Å². The minimum absolute atomic E-state index is 0.128. The van der Waals surface area contributed by atoms with E-state index in [2.05, 4.69) is 18.7 Å². The normalized spacial score (nSPS) is 19.5. The summed E-state index contributed by atoms with van der Waals surface area (Å²) in [5.74, 6) is 0.750. The summed E-state index contributed by atoms with van der Waals surface area (Å²) >= 11 is 0. The Morgan fingerprint density at radius 3 is 2.67 bits per heavy atom. The first kappa shape index (κ1) is 17.2. The van der Waals surface area contributed by atoms with E-state index in [1.165, 1.54) is 0 Å². The fourth-order valence-electron chi connectivity index (χ4n) is 3.41. The summed E-state index contributed by atoms with van der Waals surface area (Å²) in [4.78, 5) is 29.3. The molecule has 1 aromatic rings. The Balaban J connectivity index is 1.57. The number of nitrogens with zero attached hydrogens (tertiary/aromatic N) is 3. The first-order valence-electron chi connectivity index (χ1n) is 8.83. The van der Waals surface area contributed by atoms with E-state index >= 15 is 0 Å². The van der Waals surface area contributed by atoms with Crippen LogP contribution in [0.25, 0.3) is 0 Å². The molecule has 3 heterocycles. The molecule has 0 spiro atoms. The monoisotopic (exact) mass is 333 g/mol. The molecule has 6 heteroatoms. The molecule has 0 aromatic carbocycles. The highest BCUT2D eigenvalue weighted by Gasteiger charge is 2.33. The van der Waals surface area contributed by atoms with E-state index in [4.69, 9.17) is 4.74 Å². The molecule has 132 valence electrons. The number of carbonyl (C=O) groups excluding carboxylic acids is 1. The Labute approximate surface area is 143 Å². The van der Waals surface area contributed by atoms with E-state index < -0.39 is 0 Å². The SMILES string of the molecule is CC(C)Cn1cccc(C(=O)N2CC(CN3CCOCC3)C2)c1=O. The van der Waals surface area contributed by atoms with Crippen molar-refractivity contribution in [2.24, 2.45) is 11.8 Å². The van der Waals surface area contributed by atoms with Crippen molar-refractivity contribution >= 4 is 5.91 Å². The van der Waals surface area contributed by atoms with Gasteiger partial charge in [-0.25, -0.2) is 0 Å². The van der Waals surface area contributed by atoms with Crippen LogP contribution >= 0.6 is 0 Å². The summed E-state index contributed by atoms with van der Waals surface area (Å²) in [5.41, 5.74) is 0.121. The molecule has 0 N–H and O–H groups in total. The van der Waals surface area contributed by atoms with Gasteiger partial charge in [0.1, 0.15) is 5.56 Å². The highest BCUT2D eigenvalue weighted by Crippen LogP contribution is 2.19. The van der Waals surface area contributed by atoms with Gasteiger partial charge in [0, 0.05) is 51.4 Å². The minimum atomic E-state index is -0.173. The van der Waals surface area contributed by atoms with Crippen LogP contribution in [0.5, 0.6) is 0 Å². The average molecular weight is 333 g/mol. The number of hydrogen-bond donors (Lipinski definition) is 0. The largest absolute Gasteiger partial charge is 0.379 e. The second-order valence-corrected chi connectivity index (χ2v) is 7.26. The lowest BCUT2D eigenvalue weighted by Crippen LogP contribution is -2.55. The van der Waals surface area contributed by atoms with Crippen molar-refractivity contribution in [2.75, 3.05) is 45.9 Å². The van der Waals surface area contributed by atoms with E-state index in [9.17, 15) is 9.59 Å². The molecule has 2 fully saturated rings. The van der Waals surface area contributed by atoms with Crippen molar-refractivity contribution in [3.8, 4) is 0 Å². The predicted molar refractivity (Wildman–Crippen MR) is 92.2 cm³/mol. The lowest BCUT2D eigenvalue weighted by molar-refractivity contribution is 0.00707. The lowest BCUT2D eigenvalue weighted by Gasteiger charge is -2.42. The highest BCUT2D eigenvalue weighted by atomic mass is 16.5. The number of amides is 1. The number of ether oxygens (including phenoxy) is 1. The van der Waals surface area contributed by atoms with Crippen molar-refractivity contribution in [1.82, 2.24) is 14.4 Å². The fourth-order valence-corrected chi connectivity index (χ4v) is 3.41. The smallest absolute Gasteiger partial charge is 0.263 e. The molecule has 2 aliphatic heterocycles. The Morgan fingerprint density at radius 2 is 2.00 bits per heavy atom. The summed E-state index contributed by atoms with van der Waals surface area (Å²) < 4.78 is 7.00. The van der Waals surface area contributed by atoms with Gasteiger partial charge in [0.15, 0.2) is 0 Å². The van der Waals surface area contributed by atoms with E-state index in [0.717, 1.165) is 45.9 Å². The summed E-state index contributed by atoms with van der Waals surface area (Å²) in [6, 6.07) is 3.44. The number of likely N-dealkylation sites (tertiary alicyclic amines) is 1. The summed E-state index contributed by atoms with van der Waals surface area (Å²) in [6.07, 6.45) is 1.76. The summed E-state index contributed by atoms with van der Waals surface area (Å²) in [6.45, 7) is 10.8. The van der Waals surface area contributed by atoms with Crippen molar-refractivity contribution in [1.29, 1.82) is 0 Å². The predicted octanol–water partition coefficient (Wildman–Crippen LogP) is 0.909. The van der Waals surface area contributed by atoms with Crippen molar-refractivity contribution in [2.45, 2.75) is 20.4 Å². The van der Waals surface area contributed by atoms with E-state index in [1.54, 1.807) is 27.8 Å². The van der Waals surface area contributed by atoms with Crippen LogP contribution < -0.4 is 5.56 Å². The van der Waals surface area contributed by atoms with Gasteiger partial charge in [0.05, 0.1) is 13.2 Å². The molecule has 0 saturated carbocycles. The summed E-state index contributed by atoms with van der Waals surface area (Å²) in [5, 5.41) is 0. The van der Waals surface area contributed by atoms with Gasteiger partial charge in [0.2, 0.25) is 0 Å². The number of morpholine rings is 1.